The van der Waals surface area contributed by atoms with Gasteiger partial charge in [0.1, 0.15) is 0 Å². The number of hydrogen-bond acceptors (Lipinski definition) is 0. The second-order valence-corrected chi connectivity index (χ2v) is 11.5. The van der Waals surface area contributed by atoms with E-state index in [1.807, 2.05) is 0 Å². The Bertz CT molecular complexity index is 736. The van der Waals surface area contributed by atoms with Gasteiger partial charge in [-0.15, -0.1) is 0 Å². The maximum absolute atomic E-state index is 2.44. The van der Waals surface area contributed by atoms with Crippen molar-refractivity contribution < 1.29 is 0 Å². The van der Waals surface area contributed by atoms with Crippen LogP contribution in [0.25, 0.3) is 12.2 Å². The van der Waals surface area contributed by atoms with E-state index in [0.717, 1.165) is 0 Å². The quantitative estimate of drug-likeness (QED) is 0.445. The molecule has 2 unspecified atom stereocenters. The van der Waals surface area contributed by atoms with Gasteiger partial charge in [0.05, 0.1) is 0 Å². The van der Waals surface area contributed by atoms with Gasteiger partial charge in [-0.1, -0.05) is 104 Å². The Hall–Kier alpha value is -1.86. The average molecular weight is 359 g/mol. The third kappa shape index (κ3) is 3.78. The van der Waals surface area contributed by atoms with Crippen molar-refractivity contribution in [3.05, 3.63) is 82.9 Å². The van der Waals surface area contributed by atoms with Crippen molar-refractivity contribution in [1.29, 1.82) is 0 Å². The van der Waals surface area contributed by atoms with Gasteiger partial charge in [0.2, 0.25) is 0 Å². The average Bonchev–Trinajstić information content (AvgIpc) is 3.28. The molecule has 4 rings (SSSR count). The molecule has 0 saturated heterocycles. The Morgan fingerprint density at radius 1 is 0.692 bits per heavy atom. The smallest absolute Gasteiger partial charge is 0.0368 e. The van der Waals surface area contributed by atoms with Crippen molar-refractivity contribution in [3.8, 4) is 0 Å². The van der Waals surface area contributed by atoms with Gasteiger partial charge in [0.15, 0.2) is 0 Å². The minimum Gasteiger partial charge on any atom is -0.0764 e. The first-order valence-electron chi connectivity index (χ1n) is 10.4. The minimum absolute atomic E-state index is 0.643. The molecule has 2 aromatic carbocycles. The predicted octanol–water partition coefficient (Wildman–Crippen LogP) is 7.02. The molecule has 26 heavy (non-hydrogen) atoms. The van der Waals surface area contributed by atoms with Crippen LogP contribution in [0.4, 0.5) is 0 Å². The van der Waals surface area contributed by atoms with Crippen LogP contribution in [0.2, 0.25) is 18.1 Å². The van der Waals surface area contributed by atoms with Crippen LogP contribution in [0, 0.1) is 0 Å². The van der Waals surface area contributed by atoms with Gasteiger partial charge in [0, 0.05) is 20.6 Å². The van der Waals surface area contributed by atoms with E-state index >= 15 is 0 Å². The summed E-state index contributed by atoms with van der Waals surface area (Å²) in [7, 11) is -0.643. The molecule has 0 fully saturated rings. The Morgan fingerprint density at radius 2 is 1.19 bits per heavy atom. The Labute approximate surface area is 160 Å². The number of fused-ring (bicyclic) bond motifs is 2. The van der Waals surface area contributed by atoms with Crippen LogP contribution < -0.4 is 0 Å². The summed E-state index contributed by atoms with van der Waals surface area (Å²) in [6.07, 6.45) is 13.6. The van der Waals surface area contributed by atoms with Gasteiger partial charge in [-0.05, 0) is 35.1 Å². The highest BCUT2D eigenvalue weighted by molar-refractivity contribution is 6.58. The molecule has 0 bridgehead atoms. The van der Waals surface area contributed by atoms with Crippen molar-refractivity contribution in [2.75, 3.05) is 0 Å². The van der Waals surface area contributed by atoms with Crippen LogP contribution in [0.3, 0.4) is 0 Å². The molecule has 2 aliphatic rings. The lowest BCUT2D eigenvalue weighted by Gasteiger charge is -2.19. The maximum Gasteiger partial charge on any atom is 0.0368 e. The first-order valence-corrected chi connectivity index (χ1v) is 12.8. The zero-order valence-electron chi connectivity index (χ0n) is 15.9. The first kappa shape index (κ1) is 17.5. The Kier molecular flexibility index (Phi) is 5.55. The number of benzene rings is 2. The van der Waals surface area contributed by atoms with Crippen molar-refractivity contribution in [2.45, 2.75) is 56.2 Å². The molecule has 0 saturated carbocycles. The predicted molar refractivity (Wildman–Crippen MR) is 118 cm³/mol. The monoisotopic (exact) mass is 358 g/mol. The fourth-order valence-corrected chi connectivity index (χ4v) is 8.17. The highest BCUT2D eigenvalue weighted by Crippen LogP contribution is 2.36. The fourth-order valence-electron chi connectivity index (χ4n) is 4.82. The highest BCUT2D eigenvalue weighted by Gasteiger charge is 2.21. The zero-order chi connectivity index (χ0) is 17.8. The van der Waals surface area contributed by atoms with E-state index in [1.165, 1.54) is 48.5 Å². The lowest BCUT2D eigenvalue weighted by atomic mass is 9.98. The number of allylic oxidation sites excluding steroid dienone is 2. The molecule has 2 aliphatic carbocycles. The molecule has 0 nitrogen and oxygen atoms in total. The second kappa shape index (κ2) is 8.22. The van der Waals surface area contributed by atoms with Crippen molar-refractivity contribution in [1.82, 2.24) is 0 Å². The molecule has 0 aliphatic heterocycles. The van der Waals surface area contributed by atoms with Gasteiger partial charge < -0.3 is 0 Å². The van der Waals surface area contributed by atoms with Crippen molar-refractivity contribution in [2.24, 2.45) is 0 Å². The topological polar surface area (TPSA) is 0 Å². The summed E-state index contributed by atoms with van der Waals surface area (Å²) in [4.78, 5) is 0. The second-order valence-electron chi connectivity index (χ2n) is 8.00. The van der Waals surface area contributed by atoms with Crippen molar-refractivity contribution in [3.63, 3.8) is 0 Å². The first-order chi connectivity index (χ1) is 12.8. The van der Waals surface area contributed by atoms with Crippen LogP contribution in [-0.2, 0) is 0 Å². The molecule has 1 heteroatoms. The van der Waals surface area contributed by atoms with Gasteiger partial charge in [0.25, 0.3) is 0 Å². The summed E-state index contributed by atoms with van der Waals surface area (Å²) in [5, 5.41) is 0. The van der Waals surface area contributed by atoms with Gasteiger partial charge >= 0.3 is 0 Å². The van der Waals surface area contributed by atoms with Crippen LogP contribution in [0.15, 0.2) is 60.7 Å². The van der Waals surface area contributed by atoms with E-state index in [9.17, 15) is 0 Å². The van der Waals surface area contributed by atoms with Crippen LogP contribution in [0.5, 0.6) is 0 Å². The third-order valence-electron chi connectivity index (χ3n) is 6.28. The summed E-state index contributed by atoms with van der Waals surface area (Å²) in [5.74, 6) is 1.34. The molecule has 0 heterocycles. The van der Waals surface area contributed by atoms with E-state index in [-0.39, 0.29) is 0 Å². The van der Waals surface area contributed by atoms with Crippen LogP contribution >= 0.6 is 0 Å². The minimum atomic E-state index is -0.643. The van der Waals surface area contributed by atoms with E-state index < -0.39 is 8.80 Å². The van der Waals surface area contributed by atoms with Gasteiger partial charge in [-0.3, -0.25) is 0 Å². The largest absolute Gasteiger partial charge is 0.0764 e. The van der Waals surface area contributed by atoms with E-state index in [0.29, 0.717) is 11.8 Å². The Balaban J connectivity index is 1.33. The molecule has 2 aromatic rings. The molecular weight excluding hydrogens is 328 g/mol. The summed E-state index contributed by atoms with van der Waals surface area (Å²) in [5.41, 5.74) is 6.01. The third-order valence-corrected chi connectivity index (χ3v) is 9.97. The highest BCUT2D eigenvalue weighted by atomic mass is 28.3. The normalized spacial score (nSPS) is 21.0. The van der Waals surface area contributed by atoms with E-state index in [1.54, 1.807) is 11.1 Å². The van der Waals surface area contributed by atoms with E-state index in [4.69, 9.17) is 0 Å². The molecule has 134 valence electrons. The summed E-state index contributed by atoms with van der Waals surface area (Å²) in [6, 6.07) is 22.4. The van der Waals surface area contributed by atoms with Gasteiger partial charge in [-0.25, -0.2) is 0 Å². The molecule has 0 spiro atoms. The van der Waals surface area contributed by atoms with Crippen LogP contribution in [-0.4, -0.2) is 8.80 Å². The van der Waals surface area contributed by atoms with Gasteiger partial charge in [-0.2, -0.15) is 0 Å². The fraction of sp³-hybridized carbons (Fsp3) is 0.360. The molecular formula is C25H30Si. The molecule has 0 amide bonds. The number of hydrogen-bond donors (Lipinski definition) is 0. The Morgan fingerprint density at radius 3 is 1.69 bits per heavy atom. The summed E-state index contributed by atoms with van der Waals surface area (Å²) < 4.78 is 0. The van der Waals surface area contributed by atoms with E-state index in [2.05, 4.69) is 79.8 Å². The standard InChI is InChI=1S/C25H30Si/c1-2-17-26(18-15-22-13-11-20-7-3-5-9-24(20)22)19-16-23-14-12-21-8-4-6-10-25(21)23/h3-14,22-23,26H,2,15-19H2,1H3. The molecule has 0 N–H and O–H groups in total. The molecule has 0 radical (unpaired) electrons. The van der Waals surface area contributed by atoms with Crippen molar-refractivity contribution >= 4 is 20.9 Å². The SMILES string of the molecule is CCC[SiH](CCC1C=Cc2ccccc21)CCC1C=Cc2ccccc21. The molecule has 0 aromatic heterocycles. The summed E-state index contributed by atoms with van der Waals surface area (Å²) >= 11 is 0. The lowest BCUT2D eigenvalue weighted by Crippen LogP contribution is -2.14. The molecule has 2 atom stereocenters. The summed E-state index contributed by atoms with van der Waals surface area (Å²) in [6.45, 7) is 2.37. The number of rotatable bonds is 8. The lowest BCUT2D eigenvalue weighted by molar-refractivity contribution is 0.776. The maximum atomic E-state index is 2.44. The zero-order valence-corrected chi connectivity index (χ0v) is 17.1. The van der Waals surface area contributed by atoms with Crippen LogP contribution in [0.1, 0.15) is 60.3 Å².